The van der Waals surface area contributed by atoms with Crippen molar-refractivity contribution in [2.45, 2.75) is 27.5 Å². The van der Waals surface area contributed by atoms with Crippen molar-refractivity contribution in [2.75, 3.05) is 6.54 Å². The molecule has 6 heteroatoms. The van der Waals surface area contributed by atoms with Crippen molar-refractivity contribution in [3.05, 3.63) is 72.6 Å². The molecule has 0 saturated carbocycles. The standard InChI is InChI=1S/C23H25N3O3/c1-23(2,3)21(27)15-24-22(28)20-13-14-26(25-20)16-29-19-11-9-18(10-12-19)17-7-5-4-6-8-17/h4-14H,15-16H2,1-3H3,(H,24,28). The SMILES string of the molecule is CC(C)(C)C(=O)CNC(=O)c1ccn(COc2ccc(-c3ccccc3)cc2)n1. The summed E-state index contributed by atoms with van der Waals surface area (Å²) in [6.07, 6.45) is 1.67. The predicted octanol–water partition coefficient (Wildman–Crippen LogP) is 3.93. The summed E-state index contributed by atoms with van der Waals surface area (Å²) >= 11 is 0. The predicted molar refractivity (Wildman–Crippen MR) is 112 cm³/mol. The summed E-state index contributed by atoms with van der Waals surface area (Å²) in [6.45, 7) is 5.62. The number of amides is 1. The lowest BCUT2D eigenvalue weighted by atomic mass is 9.91. The fourth-order valence-corrected chi connectivity index (χ4v) is 2.59. The second kappa shape index (κ2) is 8.73. The van der Waals surface area contributed by atoms with Crippen molar-refractivity contribution < 1.29 is 14.3 Å². The molecule has 0 unspecified atom stereocenters. The Morgan fingerprint density at radius 3 is 2.28 bits per heavy atom. The molecule has 1 N–H and O–H groups in total. The van der Waals surface area contributed by atoms with E-state index in [1.807, 2.05) is 63.2 Å². The average molecular weight is 391 g/mol. The molecule has 0 atom stereocenters. The molecule has 150 valence electrons. The number of aromatic nitrogens is 2. The van der Waals surface area contributed by atoms with Crippen molar-refractivity contribution >= 4 is 11.7 Å². The second-order valence-electron chi connectivity index (χ2n) is 7.76. The molecular weight excluding hydrogens is 366 g/mol. The van der Waals surface area contributed by atoms with Crippen LogP contribution in [0.2, 0.25) is 0 Å². The van der Waals surface area contributed by atoms with Crippen LogP contribution in [0.3, 0.4) is 0 Å². The number of benzene rings is 2. The van der Waals surface area contributed by atoms with E-state index in [0.717, 1.165) is 11.1 Å². The van der Waals surface area contributed by atoms with E-state index in [2.05, 4.69) is 22.5 Å². The quantitative estimate of drug-likeness (QED) is 0.662. The number of hydrogen-bond donors (Lipinski definition) is 1. The molecule has 0 fully saturated rings. The highest BCUT2D eigenvalue weighted by Crippen LogP contribution is 2.22. The van der Waals surface area contributed by atoms with Crippen LogP contribution in [0.1, 0.15) is 31.3 Å². The van der Waals surface area contributed by atoms with Crippen molar-refractivity contribution in [3.8, 4) is 16.9 Å². The molecule has 3 aromatic rings. The highest BCUT2D eigenvalue weighted by Gasteiger charge is 2.22. The maximum Gasteiger partial charge on any atom is 0.272 e. The van der Waals surface area contributed by atoms with Gasteiger partial charge in [0.15, 0.2) is 12.5 Å². The van der Waals surface area contributed by atoms with E-state index in [1.54, 1.807) is 12.3 Å². The molecule has 1 amide bonds. The topological polar surface area (TPSA) is 73.2 Å². The number of ketones is 1. The van der Waals surface area contributed by atoms with Crippen molar-refractivity contribution in [1.82, 2.24) is 15.1 Å². The van der Waals surface area contributed by atoms with Gasteiger partial charge in [-0.05, 0) is 29.3 Å². The van der Waals surface area contributed by atoms with Crippen LogP contribution in [0.5, 0.6) is 5.75 Å². The monoisotopic (exact) mass is 391 g/mol. The highest BCUT2D eigenvalue weighted by atomic mass is 16.5. The van der Waals surface area contributed by atoms with E-state index in [4.69, 9.17) is 4.74 Å². The number of hydrogen-bond acceptors (Lipinski definition) is 4. The van der Waals surface area contributed by atoms with Gasteiger partial charge in [-0.15, -0.1) is 0 Å². The van der Waals surface area contributed by atoms with Crippen molar-refractivity contribution in [3.63, 3.8) is 0 Å². The van der Waals surface area contributed by atoms with Gasteiger partial charge in [0.05, 0.1) is 6.54 Å². The normalized spacial score (nSPS) is 11.1. The Kier molecular flexibility index (Phi) is 6.12. The molecule has 29 heavy (non-hydrogen) atoms. The summed E-state index contributed by atoms with van der Waals surface area (Å²) in [6, 6.07) is 19.5. The molecule has 3 rings (SSSR count). The molecule has 6 nitrogen and oxygen atoms in total. The van der Waals surface area contributed by atoms with Crippen molar-refractivity contribution in [1.29, 1.82) is 0 Å². The maximum absolute atomic E-state index is 12.2. The smallest absolute Gasteiger partial charge is 0.272 e. The zero-order chi connectivity index (χ0) is 20.9. The van der Waals surface area contributed by atoms with Gasteiger partial charge in [-0.2, -0.15) is 5.10 Å². The summed E-state index contributed by atoms with van der Waals surface area (Å²) in [7, 11) is 0. The molecule has 0 spiro atoms. The van der Waals surface area contributed by atoms with Crippen LogP contribution >= 0.6 is 0 Å². The van der Waals surface area contributed by atoms with Gasteiger partial charge in [-0.3, -0.25) is 9.59 Å². The molecular formula is C23H25N3O3. The number of ether oxygens (including phenoxy) is 1. The van der Waals surface area contributed by atoms with Crippen LogP contribution in [0.25, 0.3) is 11.1 Å². The van der Waals surface area contributed by atoms with Gasteiger partial charge in [0, 0.05) is 11.6 Å². The van der Waals surface area contributed by atoms with Gasteiger partial charge in [0.25, 0.3) is 5.91 Å². The molecule has 0 radical (unpaired) electrons. The van der Waals surface area contributed by atoms with E-state index in [-0.39, 0.29) is 30.7 Å². The van der Waals surface area contributed by atoms with E-state index in [1.165, 1.54) is 4.68 Å². The van der Waals surface area contributed by atoms with Crippen LogP contribution in [0.15, 0.2) is 66.9 Å². The molecule has 0 aliphatic carbocycles. The Morgan fingerprint density at radius 2 is 1.62 bits per heavy atom. The minimum Gasteiger partial charge on any atom is -0.471 e. The van der Waals surface area contributed by atoms with Gasteiger partial charge >= 0.3 is 0 Å². The first kappa shape index (κ1) is 20.3. The summed E-state index contributed by atoms with van der Waals surface area (Å²) in [5.41, 5.74) is 2.01. The van der Waals surface area contributed by atoms with E-state index < -0.39 is 5.41 Å². The number of Topliss-reactive ketones (excluding diaryl/α,β-unsaturated/α-hetero) is 1. The molecule has 0 aliphatic rings. The number of nitrogens with zero attached hydrogens (tertiary/aromatic N) is 2. The van der Waals surface area contributed by atoms with Gasteiger partial charge in [0.2, 0.25) is 0 Å². The molecule has 1 aromatic heterocycles. The number of carbonyl (C=O) groups excluding carboxylic acids is 2. The summed E-state index contributed by atoms with van der Waals surface area (Å²) in [5.74, 6) is 0.295. The first-order chi connectivity index (χ1) is 13.8. The van der Waals surface area contributed by atoms with E-state index >= 15 is 0 Å². The zero-order valence-electron chi connectivity index (χ0n) is 16.9. The van der Waals surface area contributed by atoms with Gasteiger partial charge in [0.1, 0.15) is 11.4 Å². The summed E-state index contributed by atoms with van der Waals surface area (Å²) < 4.78 is 7.27. The number of nitrogens with one attached hydrogen (secondary N) is 1. The zero-order valence-corrected chi connectivity index (χ0v) is 16.9. The second-order valence-corrected chi connectivity index (χ2v) is 7.76. The summed E-state index contributed by atoms with van der Waals surface area (Å²) in [5, 5.41) is 6.81. The number of rotatable bonds is 7. The molecule has 1 heterocycles. The first-order valence-electron chi connectivity index (χ1n) is 9.46. The van der Waals surface area contributed by atoms with E-state index in [9.17, 15) is 9.59 Å². The lowest BCUT2D eigenvalue weighted by Crippen LogP contribution is -2.35. The minimum absolute atomic E-state index is 0.0144. The third-order valence-electron chi connectivity index (χ3n) is 4.44. The Morgan fingerprint density at radius 1 is 0.966 bits per heavy atom. The van der Waals surface area contributed by atoms with Crippen LogP contribution < -0.4 is 10.1 Å². The Balaban J connectivity index is 1.52. The lowest BCUT2D eigenvalue weighted by Gasteiger charge is -2.16. The Bertz CT molecular complexity index is 971. The minimum atomic E-state index is -0.490. The maximum atomic E-state index is 12.2. The molecule has 0 bridgehead atoms. The first-order valence-corrected chi connectivity index (χ1v) is 9.46. The van der Waals surface area contributed by atoms with Crippen LogP contribution in [-0.2, 0) is 11.5 Å². The van der Waals surface area contributed by atoms with Crippen LogP contribution in [-0.4, -0.2) is 28.0 Å². The van der Waals surface area contributed by atoms with Crippen LogP contribution in [0.4, 0.5) is 0 Å². The molecule has 0 aliphatic heterocycles. The van der Waals surface area contributed by atoms with Gasteiger partial charge < -0.3 is 10.1 Å². The fraction of sp³-hybridized carbons (Fsp3) is 0.261. The third kappa shape index (κ3) is 5.54. The highest BCUT2D eigenvalue weighted by molar-refractivity contribution is 5.96. The fourth-order valence-electron chi connectivity index (χ4n) is 2.59. The largest absolute Gasteiger partial charge is 0.471 e. The van der Waals surface area contributed by atoms with Gasteiger partial charge in [-0.1, -0.05) is 63.2 Å². The van der Waals surface area contributed by atoms with Crippen molar-refractivity contribution in [2.24, 2.45) is 5.41 Å². The third-order valence-corrected chi connectivity index (χ3v) is 4.44. The van der Waals surface area contributed by atoms with Gasteiger partial charge in [-0.25, -0.2) is 4.68 Å². The van der Waals surface area contributed by atoms with E-state index in [0.29, 0.717) is 5.75 Å². The summed E-state index contributed by atoms with van der Waals surface area (Å²) in [4.78, 5) is 24.1. The Labute approximate surface area is 170 Å². The lowest BCUT2D eigenvalue weighted by molar-refractivity contribution is -0.125. The van der Waals surface area contributed by atoms with Crippen LogP contribution in [0, 0.1) is 5.41 Å². The molecule has 2 aromatic carbocycles. The number of carbonyl (C=O) groups is 2. The Hall–Kier alpha value is -3.41. The molecule has 0 saturated heterocycles. The average Bonchev–Trinajstić information content (AvgIpc) is 3.20.